The van der Waals surface area contributed by atoms with E-state index in [9.17, 15) is 9.59 Å². The quantitative estimate of drug-likeness (QED) is 0.484. The van der Waals surface area contributed by atoms with Crippen molar-refractivity contribution in [3.63, 3.8) is 0 Å². The Labute approximate surface area is 92.6 Å². The van der Waals surface area contributed by atoms with Gasteiger partial charge in [0.15, 0.2) is 0 Å². The van der Waals surface area contributed by atoms with Crippen molar-refractivity contribution < 1.29 is 14.3 Å². The molecule has 16 heavy (non-hydrogen) atoms. The highest BCUT2D eigenvalue weighted by Gasteiger charge is 2.08. The van der Waals surface area contributed by atoms with Gasteiger partial charge in [-0.05, 0) is 18.2 Å². The molecule has 0 heterocycles. The van der Waals surface area contributed by atoms with Crippen LogP contribution in [0.25, 0.3) is 0 Å². The van der Waals surface area contributed by atoms with E-state index in [1.807, 2.05) is 0 Å². The first-order valence-corrected chi connectivity index (χ1v) is 4.54. The summed E-state index contributed by atoms with van der Waals surface area (Å²) in [4.78, 5) is 22.3. The highest BCUT2D eigenvalue weighted by Crippen LogP contribution is 2.13. The number of carbonyl (C=O) groups is 2. The summed E-state index contributed by atoms with van der Waals surface area (Å²) in [6.45, 7) is -0.190. The average Bonchev–Trinajstić information content (AvgIpc) is 2.23. The van der Waals surface area contributed by atoms with E-state index >= 15 is 0 Å². The largest absolute Gasteiger partial charge is 0.468 e. The van der Waals surface area contributed by atoms with Crippen LogP contribution in [0.3, 0.4) is 0 Å². The fraction of sp³-hybridized carbons (Fsp3) is 0.200. The Morgan fingerprint density at radius 3 is 2.31 bits per heavy atom. The number of benzene rings is 1. The van der Waals surface area contributed by atoms with E-state index in [-0.39, 0.29) is 6.54 Å². The second kappa shape index (κ2) is 5.01. The Kier molecular flexibility index (Phi) is 3.71. The van der Waals surface area contributed by atoms with Gasteiger partial charge in [0.2, 0.25) is 0 Å². The molecule has 0 fully saturated rings. The minimum Gasteiger partial charge on any atom is -0.468 e. The first kappa shape index (κ1) is 11.8. The van der Waals surface area contributed by atoms with Gasteiger partial charge in [0.05, 0.1) is 7.11 Å². The number of rotatable bonds is 3. The molecular formula is C10H13N3O3. The molecule has 0 unspecified atom stereocenters. The van der Waals surface area contributed by atoms with Crippen LogP contribution in [0.5, 0.6) is 0 Å². The molecule has 6 nitrogen and oxygen atoms in total. The van der Waals surface area contributed by atoms with Crippen LogP contribution in [0.4, 0.5) is 11.4 Å². The van der Waals surface area contributed by atoms with Crippen molar-refractivity contribution in [3.05, 3.63) is 23.8 Å². The lowest BCUT2D eigenvalue weighted by Gasteiger charge is -2.05. The lowest BCUT2D eigenvalue weighted by molar-refractivity contribution is -0.139. The molecule has 0 radical (unpaired) electrons. The topological polar surface area (TPSA) is 107 Å². The normalized spacial score (nSPS) is 9.56. The van der Waals surface area contributed by atoms with E-state index in [4.69, 9.17) is 11.5 Å². The molecule has 0 aliphatic heterocycles. The lowest BCUT2D eigenvalue weighted by atomic mass is 10.1. The Morgan fingerprint density at radius 2 is 1.81 bits per heavy atom. The third-order valence-corrected chi connectivity index (χ3v) is 1.86. The minimum absolute atomic E-state index is 0.190. The van der Waals surface area contributed by atoms with Crippen LogP contribution in [0.15, 0.2) is 18.2 Å². The zero-order chi connectivity index (χ0) is 12.1. The predicted octanol–water partition coefficient (Wildman–Crippen LogP) is -0.246. The van der Waals surface area contributed by atoms with Crippen LogP contribution in [0.1, 0.15) is 10.4 Å². The van der Waals surface area contributed by atoms with Gasteiger partial charge in [-0.2, -0.15) is 0 Å². The van der Waals surface area contributed by atoms with Gasteiger partial charge >= 0.3 is 5.97 Å². The molecule has 0 aliphatic carbocycles. The van der Waals surface area contributed by atoms with Crippen molar-refractivity contribution in [2.45, 2.75) is 0 Å². The van der Waals surface area contributed by atoms with Crippen molar-refractivity contribution in [3.8, 4) is 0 Å². The zero-order valence-corrected chi connectivity index (χ0v) is 8.82. The molecule has 1 aromatic carbocycles. The zero-order valence-electron chi connectivity index (χ0n) is 8.82. The highest BCUT2D eigenvalue weighted by atomic mass is 16.5. The molecule has 1 aromatic rings. The number of nitrogen functional groups attached to an aromatic ring is 2. The summed E-state index contributed by atoms with van der Waals surface area (Å²) in [7, 11) is 1.24. The van der Waals surface area contributed by atoms with E-state index in [1.165, 1.54) is 25.3 Å². The van der Waals surface area contributed by atoms with Crippen LogP contribution in [-0.2, 0) is 9.53 Å². The van der Waals surface area contributed by atoms with Crippen molar-refractivity contribution in [1.82, 2.24) is 5.32 Å². The summed E-state index contributed by atoms with van der Waals surface area (Å²) in [6, 6.07) is 4.49. The number of methoxy groups -OCH3 is 1. The van der Waals surface area contributed by atoms with Crippen LogP contribution >= 0.6 is 0 Å². The molecule has 6 heteroatoms. The standard InChI is InChI=1S/C10H13N3O3/c1-16-9(14)5-13-10(15)6-2-7(11)4-8(12)3-6/h2-4H,5,11-12H2,1H3,(H,13,15). The van der Waals surface area contributed by atoms with Crippen molar-refractivity contribution in [1.29, 1.82) is 0 Å². The maximum absolute atomic E-state index is 11.5. The number of anilines is 2. The number of nitrogens with one attached hydrogen (secondary N) is 1. The highest BCUT2D eigenvalue weighted by molar-refractivity contribution is 5.97. The molecule has 0 saturated heterocycles. The van der Waals surface area contributed by atoms with Crippen molar-refractivity contribution in [2.75, 3.05) is 25.1 Å². The molecule has 0 bridgehead atoms. The van der Waals surface area contributed by atoms with Crippen LogP contribution in [-0.4, -0.2) is 25.5 Å². The summed E-state index contributed by atoms with van der Waals surface area (Å²) in [5.74, 6) is -0.949. The first-order chi connectivity index (χ1) is 7.52. The van der Waals surface area contributed by atoms with Gasteiger partial charge in [0.25, 0.3) is 5.91 Å². The first-order valence-electron chi connectivity index (χ1n) is 4.54. The Hall–Kier alpha value is -2.24. The predicted molar refractivity (Wildman–Crippen MR) is 59.6 cm³/mol. The average molecular weight is 223 g/mol. The Bertz CT molecular complexity index is 398. The summed E-state index contributed by atoms with van der Waals surface area (Å²) in [6.07, 6.45) is 0. The molecule has 0 spiro atoms. The number of esters is 1. The second-order valence-corrected chi connectivity index (χ2v) is 3.15. The fourth-order valence-electron chi connectivity index (χ4n) is 1.13. The molecule has 0 aliphatic rings. The van der Waals surface area contributed by atoms with Gasteiger partial charge in [-0.3, -0.25) is 9.59 Å². The van der Waals surface area contributed by atoms with Gasteiger partial charge < -0.3 is 21.5 Å². The van der Waals surface area contributed by atoms with E-state index in [0.29, 0.717) is 16.9 Å². The molecule has 1 amide bonds. The van der Waals surface area contributed by atoms with Gasteiger partial charge in [-0.25, -0.2) is 0 Å². The van der Waals surface area contributed by atoms with Crippen molar-refractivity contribution in [2.24, 2.45) is 0 Å². The summed E-state index contributed by atoms with van der Waals surface area (Å²) >= 11 is 0. The van der Waals surface area contributed by atoms with E-state index in [0.717, 1.165) is 0 Å². The Balaban J connectivity index is 2.69. The molecule has 1 rings (SSSR count). The summed E-state index contributed by atoms with van der Waals surface area (Å²) < 4.78 is 4.38. The number of carbonyl (C=O) groups excluding carboxylic acids is 2. The summed E-state index contributed by atoms with van der Waals surface area (Å²) in [5.41, 5.74) is 12.1. The van der Waals surface area contributed by atoms with Crippen LogP contribution in [0.2, 0.25) is 0 Å². The lowest BCUT2D eigenvalue weighted by Crippen LogP contribution is -2.30. The minimum atomic E-state index is -0.523. The number of nitrogens with two attached hydrogens (primary N) is 2. The monoisotopic (exact) mass is 223 g/mol. The number of ether oxygens (including phenoxy) is 1. The fourth-order valence-corrected chi connectivity index (χ4v) is 1.13. The molecular weight excluding hydrogens is 210 g/mol. The van der Waals surface area contributed by atoms with Gasteiger partial charge in [0.1, 0.15) is 6.54 Å². The second-order valence-electron chi connectivity index (χ2n) is 3.15. The van der Waals surface area contributed by atoms with E-state index in [2.05, 4.69) is 10.1 Å². The third kappa shape index (κ3) is 3.16. The van der Waals surface area contributed by atoms with Gasteiger partial charge in [0, 0.05) is 16.9 Å². The van der Waals surface area contributed by atoms with Gasteiger partial charge in [-0.1, -0.05) is 0 Å². The maximum Gasteiger partial charge on any atom is 0.325 e. The molecule has 86 valence electrons. The Morgan fingerprint density at radius 1 is 1.25 bits per heavy atom. The van der Waals surface area contributed by atoms with Crippen LogP contribution < -0.4 is 16.8 Å². The summed E-state index contributed by atoms with van der Waals surface area (Å²) in [5, 5.41) is 2.38. The SMILES string of the molecule is COC(=O)CNC(=O)c1cc(N)cc(N)c1. The van der Waals surface area contributed by atoms with E-state index in [1.54, 1.807) is 0 Å². The van der Waals surface area contributed by atoms with E-state index < -0.39 is 11.9 Å². The van der Waals surface area contributed by atoms with Gasteiger partial charge in [-0.15, -0.1) is 0 Å². The third-order valence-electron chi connectivity index (χ3n) is 1.86. The smallest absolute Gasteiger partial charge is 0.325 e. The molecule has 0 atom stereocenters. The number of hydrogen-bond acceptors (Lipinski definition) is 5. The van der Waals surface area contributed by atoms with Crippen LogP contribution in [0, 0.1) is 0 Å². The number of amides is 1. The maximum atomic E-state index is 11.5. The molecule has 0 saturated carbocycles. The molecule has 5 N–H and O–H groups in total. The number of hydrogen-bond donors (Lipinski definition) is 3. The van der Waals surface area contributed by atoms with Crippen molar-refractivity contribution >= 4 is 23.3 Å². The molecule has 0 aromatic heterocycles.